The Morgan fingerprint density at radius 3 is 2.88 bits per heavy atom. The molecule has 0 radical (unpaired) electrons. The standard InChI is InChI=1S/C11H13Cl2NO2/c1-8-6-9(13)2-3-10(8)16-5-4-14-11(15)7-12/h2-3,6H,4-5,7H2,1H3,(H,14,15). The second-order valence-electron chi connectivity index (χ2n) is 3.24. The van der Waals surface area contributed by atoms with Crippen LogP contribution in [0.4, 0.5) is 0 Å². The number of nitrogens with one attached hydrogen (secondary N) is 1. The Kier molecular flexibility index (Phi) is 5.43. The summed E-state index contributed by atoms with van der Waals surface area (Å²) in [6.07, 6.45) is 0. The van der Waals surface area contributed by atoms with Gasteiger partial charge in [0.1, 0.15) is 18.2 Å². The van der Waals surface area contributed by atoms with E-state index in [1.54, 1.807) is 12.1 Å². The van der Waals surface area contributed by atoms with Crippen LogP contribution in [0.5, 0.6) is 5.75 Å². The lowest BCUT2D eigenvalue weighted by Gasteiger charge is -2.09. The lowest BCUT2D eigenvalue weighted by Crippen LogP contribution is -2.28. The second-order valence-corrected chi connectivity index (χ2v) is 3.95. The normalized spacial score (nSPS) is 9.94. The summed E-state index contributed by atoms with van der Waals surface area (Å²) in [6.45, 7) is 2.76. The molecule has 1 rings (SSSR count). The molecule has 0 saturated heterocycles. The Balaban J connectivity index is 2.35. The quantitative estimate of drug-likeness (QED) is 0.653. The van der Waals surface area contributed by atoms with Crippen molar-refractivity contribution in [1.82, 2.24) is 5.32 Å². The number of hydrogen-bond donors (Lipinski definition) is 1. The Labute approximate surface area is 105 Å². The summed E-state index contributed by atoms with van der Waals surface area (Å²) in [5.74, 6) is 0.544. The maximum absolute atomic E-state index is 10.8. The van der Waals surface area contributed by atoms with Crippen LogP contribution in [0.15, 0.2) is 18.2 Å². The summed E-state index contributed by atoms with van der Waals surface area (Å²) in [6, 6.07) is 5.40. The Morgan fingerprint density at radius 1 is 1.50 bits per heavy atom. The van der Waals surface area contributed by atoms with Gasteiger partial charge in [-0.2, -0.15) is 0 Å². The minimum atomic E-state index is -0.196. The largest absolute Gasteiger partial charge is 0.491 e. The molecular weight excluding hydrogens is 249 g/mol. The summed E-state index contributed by atoms with van der Waals surface area (Å²) in [7, 11) is 0. The van der Waals surface area contributed by atoms with Crippen LogP contribution in [0.1, 0.15) is 5.56 Å². The van der Waals surface area contributed by atoms with Crippen molar-refractivity contribution in [1.29, 1.82) is 0 Å². The molecule has 88 valence electrons. The Hall–Kier alpha value is -0.930. The predicted octanol–water partition coefficient (Wildman–Crippen LogP) is 2.38. The van der Waals surface area contributed by atoms with Gasteiger partial charge in [0, 0.05) is 5.02 Å². The molecule has 0 unspecified atom stereocenters. The second kappa shape index (κ2) is 6.61. The number of rotatable bonds is 5. The molecule has 0 aliphatic carbocycles. The number of amides is 1. The molecule has 0 aliphatic rings. The molecule has 0 heterocycles. The van der Waals surface area contributed by atoms with E-state index in [9.17, 15) is 4.79 Å². The van der Waals surface area contributed by atoms with Gasteiger partial charge in [-0.25, -0.2) is 0 Å². The zero-order chi connectivity index (χ0) is 12.0. The van der Waals surface area contributed by atoms with Gasteiger partial charge in [0.25, 0.3) is 0 Å². The monoisotopic (exact) mass is 261 g/mol. The third-order valence-electron chi connectivity index (χ3n) is 1.94. The number of benzene rings is 1. The first-order valence-corrected chi connectivity index (χ1v) is 5.76. The lowest BCUT2D eigenvalue weighted by atomic mass is 10.2. The van der Waals surface area contributed by atoms with Crippen molar-refractivity contribution in [2.75, 3.05) is 19.0 Å². The van der Waals surface area contributed by atoms with E-state index >= 15 is 0 Å². The Bertz CT molecular complexity index is 369. The van der Waals surface area contributed by atoms with Crippen molar-refractivity contribution in [2.24, 2.45) is 0 Å². The molecular formula is C11H13Cl2NO2. The maximum atomic E-state index is 10.8. The van der Waals surface area contributed by atoms with Crippen LogP contribution in [-0.2, 0) is 4.79 Å². The zero-order valence-electron chi connectivity index (χ0n) is 8.93. The molecule has 1 aromatic rings. The molecule has 0 atom stereocenters. The molecule has 0 saturated carbocycles. The van der Waals surface area contributed by atoms with E-state index in [-0.39, 0.29) is 11.8 Å². The summed E-state index contributed by atoms with van der Waals surface area (Å²) in [4.78, 5) is 10.8. The van der Waals surface area contributed by atoms with Crippen LogP contribution in [0.2, 0.25) is 5.02 Å². The van der Waals surface area contributed by atoms with Gasteiger partial charge in [-0.3, -0.25) is 4.79 Å². The van der Waals surface area contributed by atoms with Crippen molar-refractivity contribution in [3.63, 3.8) is 0 Å². The number of halogens is 2. The highest BCUT2D eigenvalue weighted by Gasteiger charge is 2.01. The van der Waals surface area contributed by atoms with Crippen molar-refractivity contribution < 1.29 is 9.53 Å². The van der Waals surface area contributed by atoms with Gasteiger partial charge in [0.05, 0.1) is 6.54 Å². The van der Waals surface area contributed by atoms with Crippen LogP contribution in [0.25, 0.3) is 0 Å². The van der Waals surface area contributed by atoms with E-state index in [4.69, 9.17) is 27.9 Å². The van der Waals surface area contributed by atoms with Crippen LogP contribution < -0.4 is 10.1 Å². The fourth-order valence-corrected chi connectivity index (χ4v) is 1.49. The molecule has 0 fully saturated rings. The van der Waals surface area contributed by atoms with Gasteiger partial charge in [-0.1, -0.05) is 11.6 Å². The highest BCUT2D eigenvalue weighted by Crippen LogP contribution is 2.21. The molecule has 1 amide bonds. The fraction of sp³-hybridized carbons (Fsp3) is 0.364. The molecule has 1 aromatic carbocycles. The highest BCUT2D eigenvalue weighted by atomic mass is 35.5. The van der Waals surface area contributed by atoms with Crippen LogP contribution in [0, 0.1) is 6.92 Å². The third-order valence-corrected chi connectivity index (χ3v) is 2.42. The van der Waals surface area contributed by atoms with Crippen molar-refractivity contribution in [2.45, 2.75) is 6.92 Å². The summed E-state index contributed by atoms with van der Waals surface area (Å²) < 4.78 is 5.47. The van der Waals surface area contributed by atoms with Crippen LogP contribution >= 0.6 is 23.2 Å². The van der Waals surface area contributed by atoms with Gasteiger partial charge in [-0.15, -0.1) is 11.6 Å². The summed E-state index contributed by atoms with van der Waals surface area (Å²) in [5, 5.41) is 3.29. The molecule has 3 nitrogen and oxygen atoms in total. The average Bonchev–Trinajstić information content (AvgIpc) is 2.26. The number of alkyl halides is 1. The number of hydrogen-bond acceptors (Lipinski definition) is 2. The van der Waals surface area contributed by atoms with Gasteiger partial charge >= 0.3 is 0 Å². The average molecular weight is 262 g/mol. The molecule has 0 aliphatic heterocycles. The lowest BCUT2D eigenvalue weighted by molar-refractivity contribution is -0.118. The van der Waals surface area contributed by atoms with E-state index in [1.165, 1.54) is 0 Å². The van der Waals surface area contributed by atoms with Gasteiger partial charge in [0.2, 0.25) is 5.91 Å². The van der Waals surface area contributed by atoms with E-state index in [1.807, 2.05) is 13.0 Å². The van der Waals surface area contributed by atoms with Crippen molar-refractivity contribution >= 4 is 29.1 Å². The van der Waals surface area contributed by atoms with Gasteiger partial charge < -0.3 is 10.1 Å². The third kappa shape index (κ3) is 4.29. The molecule has 5 heteroatoms. The first kappa shape index (κ1) is 13.1. The molecule has 0 aromatic heterocycles. The molecule has 0 bridgehead atoms. The number of ether oxygens (including phenoxy) is 1. The van der Waals surface area contributed by atoms with Crippen LogP contribution in [-0.4, -0.2) is 24.9 Å². The van der Waals surface area contributed by atoms with Crippen molar-refractivity contribution in [3.05, 3.63) is 28.8 Å². The number of carbonyl (C=O) groups is 1. The highest BCUT2D eigenvalue weighted by molar-refractivity contribution is 6.30. The van der Waals surface area contributed by atoms with Crippen LogP contribution in [0.3, 0.4) is 0 Å². The van der Waals surface area contributed by atoms with E-state index in [0.717, 1.165) is 11.3 Å². The fourth-order valence-electron chi connectivity index (χ4n) is 1.17. The molecule has 1 N–H and O–H groups in total. The zero-order valence-corrected chi connectivity index (χ0v) is 10.4. The van der Waals surface area contributed by atoms with E-state index in [0.29, 0.717) is 18.2 Å². The smallest absolute Gasteiger partial charge is 0.235 e. The first-order valence-electron chi connectivity index (χ1n) is 4.85. The van der Waals surface area contributed by atoms with Gasteiger partial charge in [-0.05, 0) is 30.7 Å². The first-order chi connectivity index (χ1) is 7.63. The SMILES string of the molecule is Cc1cc(Cl)ccc1OCCNC(=O)CCl. The summed E-state index contributed by atoms with van der Waals surface area (Å²) in [5.41, 5.74) is 0.969. The Morgan fingerprint density at radius 2 is 2.25 bits per heavy atom. The van der Waals surface area contributed by atoms with Gasteiger partial charge in [0.15, 0.2) is 0 Å². The topological polar surface area (TPSA) is 38.3 Å². The predicted molar refractivity (Wildman–Crippen MR) is 65.4 cm³/mol. The maximum Gasteiger partial charge on any atom is 0.235 e. The number of aryl methyl sites for hydroxylation is 1. The molecule has 0 spiro atoms. The minimum absolute atomic E-state index is 0.0278. The summed E-state index contributed by atoms with van der Waals surface area (Å²) >= 11 is 11.1. The van der Waals surface area contributed by atoms with E-state index < -0.39 is 0 Å². The molecule has 16 heavy (non-hydrogen) atoms. The number of carbonyl (C=O) groups excluding carboxylic acids is 1. The van der Waals surface area contributed by atoms with E-state index in [2.05, 4.69) is 5.32 Å². The minimum Gasteiger partial charge on any atom is -0.491 e. The van der Waals surface area contributed by atoms with Crippen molar-refractivity contribution in [3.8, 4) is 5.75 Å².